The summed E-state index contributed by atoms with van der Waals surface area (Å²) in [6, 6.07) is 6.32. The second-order valence-electron chi connectivity index (χ2n) is 4.26. The molecule has 2 rings (SSSR count). The monoisotopic (exact) mass is 274 g/mol. The number of anilines is 1. The zero-order chi connectivity index (χ0) is 14.7. The van der Waals surface area contributed by atoms with Crippen LogP contribution in [0.25, 0.3) is 6.08 Å². The Kier molecular flexibility index (Phi) is 3.84. The molecule has 1 heterocycles. The number of nitrogen functional groups attached to an aromatic ring is 1. The van der Waals surface area contributed by atoms with Crippen molar-refractivity contribution in [3.05, 3.63) is 53.0 Å². The van der Waals surface area contributed by atoms with Gasteiger partial charge in [0.15, 0.2) is 5.69 Å². The molecule has 1 aromatic carbocycles. The van der Waals surface area contributed by atoms with Crippen molar-refractivity contribution in [1.29, 1.82) is 0 Å². The van der Waals surface area contributed by atoms with Crippen LogP contribution < -0.4 is 11.5 Å². The minimum Gasteiger partial charge on any atom is -0.383 e. The highest BCUT2D eigenvalue weighted by molar-refractivity contribution is 5.96. The van der Waals surface area contributed by atoms with Gasteiger partial charge in [-0.2, -0.15) is 5.10 Å². The number of rotatable bonds is 4. The number of amides is 1. The highest BCUT2D eigenvalue weighted by atomic mass is 19.1. The van der Waals surface area contributed by atoms with E-state index in [9.17, 15) is 9.18 Å². The Hall–Kier alpha value is -2.63. The summed E-state index contributed by atoms with van der Waals surface area (Å²) in [5.74, 6) is -0.743. The third-order valence-electron chi connectivity index (χ3n) is 2.87. The summed E-state index contributed by atoms with van der Waals surface area (Å²) in [7, 11) is 0. The van der Waals surface area contributed by atoms with Gasteiger partial charge in [0.05, 0.1) is 6.54 Å². The fourth-order valence-corrected chi connectivity index (χ4v) is 1.91. The number of aromatic nitrogens is 2. The Labute approximate surface area is 115 Å². The van der Waals surface area contributed by atoms with Gasteiger partial charge in [0, 0.05) is 11.1 Å². The first-order chi connectivity index (χ1) is 9.54. The highest BCUT2D eigenvalue weighted by Gasteiger charge is 2.18. The van der Waals surface area contributed by atoms with Gasteiger partial charge in [-0.3, -0.25) is 4.79 Å². The molecule has 0 unspecified atom stereocenters. The van der Waals surface area contributed by atoms with Gasteiger partial charge in [0.25, 0.3) is 5.91 Å². The molecule has 0 fully saturated rings. The minimum absolute atomic E-state index is 0.0805. The molecular formula is C14H15FN4O. The maximum absolute atomic E-state index is 13.6. The molecule has 20 heavy (non-hydrogen) atoms. The molecule has 1 amide bonds. The first kappa shape index (κ1) is 13.8. The van der Waals surface area contributed by atoms with Gasteiger partial charge in [-0.15, -0.1) is 0 Å². The lowest BCUT2D eigenvalue weighted by atomic mass is 10.2. The average molecular weight is 274 g/mol. The van der Waals surface area contributed by atoms with Crippen molar-refractivity contribution in [2.75, 3.05) is 5.73 Å². The van der Waals surface area contributed by atoms with Crippen molar-refractivity contribution >= 4 is 17.8 Å². The molecular weight excluding hydrogens is 259 g/mol. The maximum atomic E-state index is 13.6. The lowest BCUT2D eigenvalue weighted by Gasteiger charge is -2.05. The average Bonchev–Trinajstić information content (AvgIpc) is 2.71. The van der Waals surface area contributed by atoms with Crippen LogP contribution in [0.4, 0.5) is 10.2 Å². The van der Waals surface area contributed by atoms with Crippen LogP contribution in [0.2, 0.25) is 0 Å². The molecule has 6 heteroatoms. The number of halogens is 1. The van der Waals surface area contributed by atoms with E-state index in [0.717, 1.165) is 0 Å². The van der Waals surface area contributed by atoms with Crippen molar-refractivity contribution in [3.8, 4) is 0 Å². The normalized spacial score (nSPS) is 11.1. The van der Waals surface area contributed by atoms with Crippen LogP contribution in [-0.2, 0) is 6.54 Å². The number of nitrogens with two attached hydrogens (primary N) is 2. The number of benzene rings is 1. The van der Waals surface area contributed by atoms with Crippen molar-refractivity contribution in [2.24, 2.45) is 5.73 Å². The van der Waals surface area contributed by atoms with E-state index in [4.69, 9.17) is 11.5 Å². The van der Waals surface area contributed by atoms with Gasteiger partial charge in [-0.05, 0) is 13.0 Å². The van der Waals surface area contributed by atoms with E-state index in [1.54, 1.807) is 37.3 Å². The molecule has 0 atom stereocenters. The van der Waals surface area contributed by atoms with Gasteiger partial charge < -0.3 is 11.5 Å². The minimum atomic E-state index is -0.669. The quantitative estimate of drug-likeness (QED) is 0.891. The maximum Gasteiger partial charge on any atom is 0.269 e. The Morgan fingerprint density at radius 1 is 1.45 bits per heavy atom. The van der Waals surface area contributed by atoms with Gasteiger partial charge in [-0.1, -0.05) is 30.4 Å². The fourth-order valence-electron chi connectivity index (χ4n) is 1.91. The molecule has 0 radical (unpaired) electrons. The number of hydrogen-bond donors (Lipinski definition) is 2. The SMILES string of the molecule is C/C=C\c1c(C(N)=O)nn(Cc2ccccc2F)c1N. The number of carbonyl (C=O) groups excluding carboxylic acids is 1. The molecule has 5 nitrogen and oxygen atoms in total. The summed E-state index contributed by atoms with van der Waals surface area (Å²) in [6.45, 7) is 1.93. The topological polar surface area (TPSA) is 86.9 Å². The van der Waals surface area contributed by atoms with Gasteiger partial charge in [0.2, 0.25) is 0 Å². The van der Waals surface area contributed by atoms with Gasteiger partial charge in [0.1, 0.15) is 11.6 Å². The second-order valence-corrected chi connectivity index (χ2v) is 4.26. The van der Waals surface area contributed by atoms with Gasteiger partial charge >= 0.3 is 0 Å². The Morgan fingerprint density at radius 3 is 2.75 bits per heavy atom. The molecule has 4 N–H and O–H groups in total. The summed E-state index contributed by atoms with van der Waals surface area (Å²) < 4.78 is 15.0. The number of allylic oxidation sites excluding steroid dienone is 1. The molecule has 0 aliphatic heterocycles. The van der Waals surface area contributed by atoms with Crippen LogP contribution in [0.1, 0.15) is 28.5 Å². The summed E-state index contributed by atoms with van der Waals surface area (Å²) in [6.07, 6.45) is 3.38. The molecule has 1 aromatic heterocycles. The van der Waals surface area contributed by atoms with E-state index in [2.05, 4.69) is 5.10 Å². The molecule has 0 bridgehead atoms. The van der Waals surface area contributed by atoms with Crippen LogP contribution in [0, 0.1) is 5.82 Å². The van der Waals surface area contributed by atoms with Crippen molar-refractivity contribution in [2.45, 2.75) is 13.5 Å². The summed E-state index contributed by atoms with van der Waals surface area (Å²) in [5, 5.41) is 4.06. The predicted molar refractivity (Wildman–Crippen MR) is 75.4 cm³/mol. The first-order valence-electron chi connectivity index (χ1n) is 6.06. The van der Waals surface area contributed by atoms with Crippen LogP contribution in [0.15, 0.2) is 30.3 Å². The van der Waals surface area contributed by atoms with E-state index >= 15 is 0 Å². The number of nitrogens with zero attached hydrogens (tertiary/aromatic N) is 2. The first-order valence-corrected chi connectivity index (χ1v) is 6.06. The third kappa shape index (κ3) is 2.54. The highest BCUT2D eigenvalue weighted by Crippen LogP contribution is 2.20. The standard InChI is InChI=1S/C14H15FN4O/c1-2-5-10-12(14(17)20)18-19(13(10)16)8-9-6-3-4-7-11(9)15/h2-7H,8,16H2,1H3,(H2,17,20)/b5-2-. The summed E-state index contributed by atoms with van der Waals surface area (Å²) >= 11 is 0. The predicted octanol–water partition coefficient (Wildman–Crippen LogP) is 1.78. The fraction of sp³-hybridized carbons (Fsp3) is 0.143. The molecule has 2 aromatic rings. The Morgan fingerprint density at radius 2 is 2.15 bits per heavy atom. The molecule has 0 spiro atoms. The van der Waals surface area contributed by atoms with Crippen LogP contribution in [0.3, 0.4) is 0 Å². The van der Waals surface area contributed by atoms with Crippen LogP contribution >= 0.6 is 0 Å². The smallest absolute Gasteiger partial charge is 0.269 e. The molecule has 0 aliphatic carbocycles. The Bertz CT molecular complexity index is 676. The molecule has 0 aliphatic rings. The van der Waals surface area contributed by atoms with Crippen molar-refractivity contribution < 1.29 is 9.18 Å². The summed E-state index contributed by atoms with van der Waals surface area (Å²) in [4.78, 5) is 11.4. The largest absolute Gasteiger partial charge is 0.383 e. The second kappa shape index (κ2) is 5.56. The Balaban J connectivity index is 2.46. The third-order valence-corrected chi connectivity index (χ3v) is 2.87. The van der Waals surface area contributed by atoms with E-state index in [0.29, 0.717) is 11.1 Å². The molecule has 0 saturated carbocycles. The van der Waals surface area contributed by atoms with Gasteiger partial charge in [-0.25, -0.2) is 9.07 Å². The van der Waals surface area contributed by atoms with Crippen molar-refractivity contribution in [3.63, 3.8) is 0 Å². The molecule has 104 valence electrons. The van der Waals surface area contributed by atoms with E-state index in [1.807, 2.05) is 0 Å². The number of carbonyl (C=O) groups is 1. The lowest BCUT2D eigenvalue weighted by molar-refractivity contribution is 0.0994. The lowest BCUT2D eigenvalue weighted by Crippen LogP contribution is -2.14. The van der Waals surface area contributed by atoms with Crippen LogP contribution in [0.5, 0.6) is 0 Å². The van der Waals surface area contributed by atoms with Crippen molar-refractivity contribution in [1.82, 2.24) is 9.78 Å². The number of primary amides is 1. The van der Waals surface area contributed by atoms with E-state index in [1.165, 1.54) is 10.7 Å². The van der Waals surface area contributed by atoms with Crippen LogP contribution in [-0.4, -0.2) is 15.7 Å². The summed E-state index contributed by atoms with van der Waals surface area (Å²) in [5.41, 5.74) is 12.2. The molecule has 0 saturated heterocycles. The van der Waals surface area contributed by atoms with E-state index < -0.39 is 5.91 Å². The zero-order valence-electron chi connectivity index (χ0n) is 11.0. The van der Waals surface area contributed by atoms with E-state index in [-0.39, 0.29) is 23.9 Å². The zero-order valence-corrected chi connectivity index (χ0v) is 11.0. The number of hydrogen-bond acceptors (Lipinski definition) is 3.